The number of carbonyl (C=O) groups excluding carboxylic acids is 1. The number of halogens is 1. The molecule has 1 aromatic carbocycles. The van der Waals surface area contributed by atoms with Crippen LogP contribution >= 0.6 is 11.6 Å². The lowest BCUT2D eigenvalue weighted by atomic mass is 9.84. The van der Waals surface area contributed by atoms with Crippen LogP contribution in [-0.4, -0.2) is 52.0 Å². The molecular formula is C28H36ClN7O. The molecule has 1 fully saturated rings. The monoisotopic (exact) mass is 521 g/mol. The van der Waals surface area contributed by atoms with Crippen LogP contribution in [0.2, 0.25) is 5.02 Å². The van der Waals surface area contributed by atoms with Crippen LogP contribution in [0.3, 0.4) is 0 Å². The molecule has 37 heavy (non-hydrogen) atoms. The van der Waals surface area contributed by atoms with E-state index < -0.39 is 6.04 Å². The van der Waals surface area contributed by atoms with Crippen LogP contribution in [0.1, 0.15) is 55.7 Å². The maximum absolute atomic E-state index is 13.9. The van der Waals surface area contributed by atoms with Gasteiger partial charge in [0.25, 0.3) is 0 Å². The molecule has 0 bridgehead atoms. The van der Waals surface area contributed by atoms with E-state index in [4.69, 9.17) is 11.6 Å². The zero-order chi connectivity index (χ0) is 25.8. The minimum absolute atomic E-state index is 0.00101. The summed E-state index contributed by atoms with van der Waals surface area (Å²) in [5.74, 6) is 2.39. The number of nitrogens with one attached hydrogen (secondary N) is 3. The predicted molar refractivity (Wildman–Crippen MR) is 148 cm³/mol. The van der Waals surface area contributed by atoms with E-state index in [-0.39, 0.29) is 11.9 Å². The van der Waals surface area contributed by atoms with Crippen molar-refractivity contribution in [3.8, 4) is 5.82 Å². The van der Waals surface area contributed by atoms with Gasteiger partial charge >= 0.3 is 0 Å². The zero-order valence-corrected chi connectivity index (χ0v) is 22.3. The number of fused-ring (bicyclic) bond motifs is 1. The van der Waals surface area contributed by atoms with E-state index in [1.807, 2.05) is 53.4 Å². The summed E-state index contributed by atoms with van der Waals surface area (Å²) in [6.45, 7) is 1.58. The average molecular weight is 522 g/mol. The molecule has 0 unspecified atom stereocenters. The number of hydrogen-bond acceptors (Lipinski definition) is 6. The number of hydrogen-bond donors (Lipinski definition) is 3. The minimum atomic E-state index is -0.400. The first kappa shape index (κ1) is 25.5. The summed E-state index contributed by atoms with van der Waals surface area (Å²) in [5.41, 5.74) is 2.30. The Morgan fingerprint density at radius 1 is 1.14 bits per heavy atom. The van der Waals surface area contributed by atoms with Crippen molar-refractivity contribution >= 4 is 29.3 Å². The Bertz CT molecular complexity index is 1210. The molecule has 2 aromatic heterocycles. The summed E-state index contributed by atoms with van der Waals surface area (Å²) >= 11 is 6.27. The molecule has 2 atom stereocenters. The normalized spacial score (nSPS) is 19.2. The van der Waals surface area contributed by atoms with Crippen molar-refractivity contribution in [1.82, 2.24) is 24.8 Å². The zero-order valence-electron chi connectivity index (χ0n) is 21.6. The number of nitrogens with zero attached hydrogens (tertiary/aromatic N) is 4. The van der Waals surface area contributed by atoms with Gasteiger partial charge in [0.1, 0.15) is 17.7 Å². The number of likely N-dealkylation sites (N-methyl/N-ethyl adjacent to an activating group) is 1. The third kappa shape index (κ3) is 6.25. The SMILES string of the molecule is CNc1nc(N[C@H](CC2CCCCC2)C(=O)N[C@H]2CN(C)Cc3cc(Cl)ccc32)cc(-n2cccc2)n1. The maximum atomic E-state index is 13.9. The second kappa shape index (κ2) is 11.5. The van der Waals surface area contributed by atoms with Crippen molar-refractivity contribution in [2.45, 2.75) is 57.2 Å². The molecule has 0 radical (unpaired) electrons. The number of carbonyl (C=O) groups is 1. The lowest BCUT2D eigenvalue weighted by Gasteiger charge is -2.34. The van der Waals surface area contributed by atoms with Crippen LogP contribution in [-0.2, 0) is 11.3 Å². The molecule has 8 nitrogen and oxygen atoms in total. The Morgan fingerprint density at radius 3 is 2.68 bits per heavy atom. The highest BCUT2D eigenvalue weighted by Crippen LogP contribution is 2.31. The van der Waals surface area contributed by atoms with E-state index in [0.717, 1.165) is 41.5 Å². The molecule has 1 aliphatic heterocycles. The van der Waals surface area contributed by atoms with Gasteiger partial charge in [-0.15, -0.1) is 0 Å². The quantitative estimate of drug-likeness (QED) is 0.386. The summed E-state index contributed by atoms with van der Waals surface area (Å²) in [5, 5.41) is 10.6. The van der Waals surface area contributed by atoms with Crippen LogP contribution in [0.15, 0.2) is 48.8 Å². The standard InChI is InChI=1S/C28H36ClN7O/c1-30-28-33-25(16-26(34-28)36-12-6-7-13-36)31-23(14-19-8-4-3-5-9-19)27(37)32-24-18-35(2)17-20-15-21(29)10-11-22(20)24/h6-7,10-13,15-16,19,23-24H,3-5,8-9,14,17-18H2,1-2H3,(H,32,37)(H2,30,31,33,34)/t23-,24+/m1/s1. The van der Waals surface area contributed by atoms with Crippen LogP contribution < -0.4 is 16.0 Å². The van der Waals surface area contributed by atoms with Gasteiger partial charge in [0, 0.05) is 43.6 Å². The summed E-state index contributed by atoms with van der Waals surface area (Å²) < 4.78 is 1.93. The highest BCUT2D eigenvalue weighted by atomic mass is 35.5. The molecule has 1 saturated carbocycles. The van der Waals surface area contributed by atoms with E-state index >= 15 is 0 Å². The first-order valence-corrected chi connectivity index (χ1v) is 13.6. The highest BCUT2D eigenvalue weighted by molar-refractivity contribution is 6.30. The van der Waals surface area contributed by atoms with Crippen molar-refractivity contribution in [3.63, 3.8) is 0 Å². The largest absolute Gasteiger partial charge is 0.358 e. The molecule has 9 heteroatoms. The van der Waals surface area contributed by atoms with Crippen molar-refractivity contribution in [2.24, 2.45) is 5.92 Å². The molecule has 3 heterocycles. The van der Waals surface area contributed by atoms with Gasteiger partial charge in [0.15, 0.2) is 0 Å². The van der Waals surface area contributed by atoms with Gasteiger partial charge in [-0.25, -0.2) is 0 Å². The lowest BCUT2D eigenvalue weighted by molar-refractivity contribution is -0.123. The van der Waals surface area contributed by atoms with Gasteiger partial charge in [0.05, 0.1) is 6.04 Å². The number of benzene rings is 1. The van der Waals surface area contributed by atoms with E-state index in [2.05, 4.69) is 37.9 Å². The van der Waals surface area contributed by atoms with Crippen LogP contribution in [0.4, 0.5) is 11.8 Å². The summed E-state index contributed by atoms with van der Waals surface area (Å²) in [4.78, 5) is 25.3. The number of amides is 1. The molecule has 3 N–H and O–H groups in total. The van der Waals surface area contributed by atoms with Gasteiger partial charge in [0.2, 0.25) is 11.9 Å². The fraction of sp³-hybridized carbons (Fsp3) is 0.464. The third-order valence-corrected chi connectivity index (χ3v) is 7.70. The van der Waals surface area contributed by atoms with Crippen molar-refractivity contribution < 1.29 is 4.79 Å². The van der Waals surface area contributed by atoms with E-state index in [0.29, 0.717) is 17.7 Å². The molecular weight excluding hydrogens is 486 g/mol. The second-order valence-electron chi connectivity index (χ2n) is 10.3. The van der Waals surface area contributed by atoms with E-state index in [1.54, 1.807) is 7.05 Å². The van der Waals surface area contributed by atoms with Gasteiger partial charge < -0.3 is 20.5 Å². The fourth-order valence-corrected chi connectivity index (χ4v) is 5.81. The van der Waals surface area contributed by atoms with Gasteiger partial charge in [-0.05, 0) is 54.8 Å². The maximum Gasteiger partial charge on any atom is 0.243 e. The Labute approximate surface area is 223 Å². The molecule has 1 amide bonds. The lowest BCUT2D eigenvalue weighted by Crippen LogP contribution is -2.47. The Hall–Kier alpha value is -3.10. The van der Waals surface area contributed by atoms with Crippen molar-refractivity contribution in [1.29, 1.82) is 0 Å². The Morgan fingerprint density at radius 2 is 1.92 bits per heavy atom. The van der Waals surface area contributed by atoms with Crippen molar-refractivity contribution in [2.75, 3.05) is 31.3 Å². The minimum Gasteiger partial charge on any atom is -0.358 e. The number of anilines is 2. The summed E-state index contributed by atoms with van der Waals surface area (Å²) in [6, 6.07) is 11.3. The molecule has 1 aliphatic carbocycles. The molecule has 2 aliphatic rings. The Balaban J connectivity index is 1.40. The summed E-state index contributed by atoms with van der Waals surface area (Å²) in [6.07, 6.45) is 10.7. The van der Waals surface area contributed by atoms with Gasteiger partial charge in [-0.2, -0.15) is 9.97 Å². The smallest absolute Gasteiger partial charge is 0.243 e. The first-order chi connectivity index (χ1) is 18.0. The topological polar surface area (TPSA) is 87.1 Å². The van der Waals surface area contributed by atoms with Crippen molar-refractivity contribution in [3.05, 3.63) is 64.9 Å². The predicted octanol–water partition coefficient (Wildman–Crippen LogP) is 5.02. The van der Waals surface area contributed by atoms with Gasteiger partial charge in [-0.1, -0.05) is 49.8 Å². The first-order valence-electron chi connectivity index (χ1n) is 13.2. The van der Waals surface area contributed by atoms with Gasteiger partial charge in [-0.3, -0.25) is 9.69 Å². The summed E-state index contributed by atoms with van der Waals surface area (Å²) in [7, 11) is 3.87. The molecule has 5 rings (SSSR count). The molecule has 3 aromatic rings. The molecule has 0 saturated heterocycles. The van der Waals surface area contributed by atoms with Crippen LogP contribution in [0, 0.1) is 5.92 Å². The fourth-order valence-electron chi connectivity index (χ4n) is 5.62. The highest BCUT2D eigenvalue weighted by Gasteiger charge is 2.30. The van der Waals surface area contributed by atoms with E-state index in [9.17, 15) is 4.79 Å². The number of aromatic nitrogens is 3. The second-order valence-corrected chi connectivity index (χ2v) is 10.7. The van der Waals surface area contributed by atoms with E-state index in [1.165, 1.54) is 32.1 Å². The van der Waals surface area contributed by atoms with Crippen LogP contribution in [0.25, 0.3) is 5.82 Å². The number of rotatable bonds is 8. The molecule has 0 spiro atoms. The average Bonchev–Trinajstić information content (AvgIpc) is 3.43. The Kier molecular flexibility index (Phi) is 7.96. The third-order valence-electron chi connectivity index (χ3n) is 7.47. The van der Waals surface area contributed by atoms with Crippen LogP contribution in [0.5, 0.6) is 0 Å². The molecule has 196 valence electrons.